The molecule has 0 atom stereocenters. The summed E-state index contributed by atoms with van der Waals surface area (Å²) in [6, 6.07) is 27.0. The molecule has 162 valence electrons. The zero-order valence-electron chi connectivity index (χ0n) is 18.1. The van der Waals surface area contributed by atoms with Crippen LogP contribution < -0.4 is 0 Å². The molecule has 0 aliphatic rings. The fourth-order valence-corrected chi connectivity index (χ4v) is 3.71. The monoisotopic (exact) mass is 434 g/mol. The predicted molar refractivity (Wildman–Crippen MR) is 127 cm³/mol. The first-order valence-electron chi connectivity index (χ1n) is 10.6. The van der Waals surface area contributed by atoms with Crippen molar-refractivity contribution in [2.45, 2.75) is 6.54 Å². The van der Waals surface area contributed by atoms with Gasteiger partial charge >= 0.3 is 0 Å². The minimum absolute atomic E-state index is 0.113. The lowest BCUT2D eigenvalue weighted by atomic mass is 10.1. The van der Waals surface area contributed by atoms with E-state index in [9.17, 15) is 4.79 Å². The number of benzene rings is 3. The van der Waals surface area contributed by atoms with Gasteiger partial charge in [-0.2, -0.15) is 5.10 Å². The molecule has 0 aliphatic heterocycles. The Bertz CT molecular complexity index is 1370. The molecule has 0 N–H and O–H groups in total. The van der Waals surface area contributed by atoms with Gasteiger partial charge in [0.25, 0.3) is 5.91 Å². The summed E-state index contributed by atoms with van der Waals surface area (Å²) in [5.41, 5.74) is 4.05. The third-order valence-electron chi connectivity index (χ3n) is 5.38. The number of carbonyl (C=O) groups excluding carboxylic acids is 1. The van der Waals surface area contributed by atoms with E-state index in [2.05, 4.69) is 10.1 Å². The fourth-order valence-electron chi connectivity index (χ4n) is 3.71. The number of oxazole rings is 1. The van der Waals surface area contributed by atoms with E-state index in [1.54, 1.807) is 35.1 Å². The summed E-state index contributed by atoms with van der Waals surface area (Å²) in [4.78, 5) is 19.4. The van der Waals surface area contributed by atoms with Gasteiger partial charge in [0, 0.05) is 36.5 Å². The molecule has 0 saturated heterocycles. The van der Waals surface area contributed by atoms with E-state index >= 15 is 0 Å². The van der Waals surface area contributed by atoms with Gasteiger partial charge in [0.2, 0.25) is 5.89 Å². The van der Waals surface area contributed by atoms with Crippen molar-refractivity contribution in [2.24, 2.45) is 0 Å². The van der Waals surface area contributed by atoms with Gasteiger partial charge in [0.15, 0.2) is 5.76 Å². The van der Waals surface area contributed by atoms with Crippen molar-refractivity contribution in [1.29, 1.82) is 0 Å². The smallest absolute Gasteiger partial charge is 0.254 e. The van der Waals surface area contributed by atoms with E-state index in [0.29, 0.717) is 29.3 Å². The first-order chi connectivity index (χ1) is 16.2. The van der Waals surface area contributed by atoms with Gasteiger partial charge in [-0.15, -0.1) is 0 Å². The maximum Gasteiger partial charge on any atom is 0.254 e. The van der Waals surface area contributed by atoms with Gasteiger partial charge in [-0.05, 0) is 24.3 Å². The Morgan fingerprint density at radius 1 is 0.909 bits per heavy atom. The van der Waals surface area contributed by atoms with Crippen LogP contribution in [0.5, 0.6) is 0 Å². The molecule has 0 aliphatic carbocycles. The highest BCUT2D eigenvalue weighted by Crippen LogP contribution is 2.29. The number of carbonyl (C=O) groups is 1. The Balaban J connectivity index is 1.37. The average Bonchev–Trinajstić information content (AvgIpc) is 3.55. The standard InChI is InChI=1S/C27H22N4O2/c1-30(18-20-16-29-31(19-20)22-12-6-3-7-13-22)27(32)24-15-9-8-14-23(24)26-28-17-25(33-26)21-10-4-2-5-11-21/h2-17,19H,18H2,1H3. The summed E-state index contributed by atoms with van der Waals surface area (Å²) in [6.45, 7) is 0.431. The molecule has 0 fully saturated rings. The van der Waals surface area contributed by atoms with Crippen LogP contribution in [0, 0.1) is 0 Å². The number of para-hydroxylation sites is 1. The van der Waals surface area contributed by atoms with Crippen molar-refractivity contribution in [2.75, 3.05) is 7.05 Å². The number of hydrogen-bond donors (Lipinski definition) is 0. The van der Waals surface area contributed by atoms with Crippen molar-refractivity contribution in [1.82, 2.24) is 19.7 Å². The maximum absolute atomic E-state index is 13.3. The van der Waals surface area contributed by atoms with E-state index in [1.807, 2.05) is 85.1 Å². The minimum Gasteiger partial charge on any atom is -0.436 e. The molecule has 3 aromatic carbocycles. The molecule has 2 aromatic heterocycles. The second kappa shape index (κ2) is 8.96. The molecule has 0 unspecified atom stereocenters. The largest absolute Gasteiger partial charge is 0.436 e. The van der Waals surface area contributed by atoms with Crippen LogP contribution in [-0.2, 0) is 6.54 Å². The lowest BCUT2D eigenvalue weighted by Gasteiger charge is -2.17. The van der Waals surface area contributed by atoms with Gasteiger partial charge < -0.3 is 9.32 Å². The van der Waals surface area contributed by atoms with Crippen LogP contribution in [0.3, 0.4) is 0 Å². The van der Waals surface area contributed by atoms with Crippen LogP contribution in [0.25, 0.3) is 28.5 Å². The van der Waals surface area contributed by atoms with Crippen molar-refractivity contribution in [3.05, 3.63) is 115 Å². The summed E-state index contributed by atoms with van der Waals surface area (Å²) in [6.07, 6.45) is 5.40. The zero-order valence-corrected chi connectivity index (χ0v) is 18.1. The Labute approximate surface area is 191 Å². The summed E-state index contributed by atoms with van der Waals surface area (Å²) in [5.74, 6) is 0.968. The van der Waals surface area contributed by atoms with Gasteiger partial charge in [0.1, 0.15) is 0 Å². The zero-order chi connectivity index (χ0) is 22.6. The fraction of sp³-hybridized carbons (Fsp3) is 0.0741. The van der Waals surface area contributed by atoms with Gasteiger partial charge in [-0.25, -0.2) is 9.67 Å². The summed E-state index contributed by atoms with van der Waals surface area (Å²) in [5, 5.41) is 4.42. The molecule has 0 spiro atoms. The Morgan fingerprint density at radius 3 is 2.39 bits per heavy atom. The Kier molecular flexibility index (Phi) is 5.55. The SMILES string of the molecule is CN(Cc1cnn(-c2ccccc2)c1)C(=O)c1ccccc1-c1ncc(-c2ccccc2)o1. The highest BCUT2D eigenvalue weighted by Gasteiger charge is 2.20. The maximum atomic E-state index is 13.3. The second-order valence-electron chi connectivity index (χ2n) is 7.73. The van der Waals surface area contributed by atoms with Crippen molar-refractivity contribution >= 4 is 5.91 Å². The normalized spacial score (nSPS) is 10.8. The first kappa shape index (κ1) is 20.5. The lowest BCUT2D eigenvalue weighted by Crippen LogP contribution is -2.26. The van der Waals surface area contributed by atoms with Gasteiger partial charge in [-0.3, -0.25) is 4.79 Å². The number of amides is 1. The van der Waals surface area contributed by atoms with Crippen molar-refractivity contribution in [3.63, 3.8) is 0 Å². The second-order valence-corrected chi connectivity index (χ2v) is 7.73. The van der Waals surface area contributed by atoms with E-state index in [1.165, 1.54) is 0 Å². The van der Waals surface area contributed by atoms with Crippen molar-refractivity contribution < 1.29 is 9.21 Å². The van der Waals surface area contributed by atoms with Crippen LogP contribution in [-0.4, -0.2) is 32.6 Å². The molecule has 33 heavy (non-hydrogen) atoms. The Morgan fingerprint density at radius 2 is 1.61 bits per heavy atom. The summed E-state index contributed by atoms with van der Waals surface area (Å²) in [7, 11) is 1.78. The Hall–Kier alpha value is -4.45. The molecule has 5 aromatic rings. The highest BCUT2D eigenvalue weighted by atomic mass is 16.4. The van der Waals surface area contributed by atoms with E-state index in [-0.39, 0.29) is 5.91 Å². The molecule has 0 radical (unpaired) electrons. The lowest BCUT2D eigenvalue weighted by molar-refractivity contribution is 0.0785. The number of rotatable bonds is 6. The van der Waals surface area contributed by atoms with Gasteiger partial charge in [-0.1, -0.05) is 60.7 Å². The van der Waals surface area contributed by atoms with E-state index in [0.717, 1.165) is 16.8 Å². The molecular weight excluding hydrogens is 412 g/mol. The summed E-state index contributed by atoms with van der Waals surface area (Å²) < 4.78 is 7.81. The highest BCUT2D eigenvalue weighted by molar-refractivity contribution is 5.99. The minimum atomic E-state index is -0.113. The first-order valence-corrected chi connectivity index (χ1v) is 10.6. The third-order valence-corrected chi connectivity index (χ3v) is 5.38. The number of nitrogens with zero attached hydrogens (tertiary/aromatic N) is 4. The van der Waals surface area contributed by atoms with Crippen LogP contribution in [0.15, 0.2) is 108 Å². The number of aromatic nitrogens is 3. The molecule has 2 heterocycles. The molecule has 0 bridgehead atoms. The average molecular weight is 434 g/mol. The summed E-state index contributed by atoms with van der Waals surface area (Å²) >= 11 is 0. The number of hydrogen-bond acceptors (Lipinski definition) is 4. The topological polar surface area (TPSA) is 64.2 Å². The molecule has 6 nitrogen and oxygen atoms in total. The molecule has 6 heteroatoms. The van der Waals surface area contributed by atoms with Crippen LogP contribution in [0.4, 0.5) is 0 Å². The van der Waals surface area contributed by atoms with E-state index in [4.69, 9.17) is 4.42 Å². The van der Waals surface area contributed by atoms with Crippen molar-refractivity contribution in [3.8, 4) is 28.5 Å². The van der Waals surface area contributed by atoms with Crippen LogP contribution in [0.1, 0.15) is 15.9 Å². The van der Waals surface area contributed by atoms with Crippen LogP contribution >= 0.6 is 0 Å². The van der Waals surface area contributed by atoms with Crippen LogP contribution in [0.2, 0.25) is 0 Å². The predicted octanol–water partition coefficient (Wildman–Crippen LogP) is 5.47. The third kappa shape index (κ3) is 4.32. The molecule has 5 rings (SSSR count). The molecular formula is C27H22N4O2. The van der Waals surface area contributed by atoms with Gasteiger partial charge in [0.05, 0.1) is 23.6 Å². The molecule has 1 amide bonds. The molecule has 0 saturated carbocycles. The van der Waals surface area contributed by atoms with E-state index < -0.39 is 0 Å². The quantitative estimate of drug-likeness (QED) is 0.356.